The Balaban J connectivity index is 1.43. The molecule has 122 valence electrons. The van der Waals surface area contributed by atoms with Gasteiger partial charge in [-0.2, -0.15) is 0 Å². The van der Waals surface area contributed by atoms with E-state index in [4.69, 9.17) is 4.42 Å². The molecule has 4 rings (SSSR count). The van der Waals surface area contributed by atoms with Gasteiger partial charge in [-0.3, -0.25) is 9.69 Å². The molecule has 2 aliphatic rings. The molecule has 23 heavy (non-hydrogen) atoms. The standard InChI is InChI=1S/C17H22N4O2/c22-16-2-1-13(3-6-18-16)20-8-10-21(11-9-20)17-14-5-12-23-15(14)4-7-19-17/h4-5,7,12-13H,1-3,6,8-11H2,(H,18,22). The van der Waals surface area contributed by atoms with Crippen LogP contribution in [0.15, 0.2) is 29.0 Å². The number of furan rings is 1. The van der Waals surface area contributed by atoms with Gasteiger partial charge in [-0.15, -0.1) is 0 Å². The lowest BCUT2D eigenvalue weighted by molar-refractivity contribution is -0.120. The molecule has 2 aromatic heterocycles. The number of amides is 1. The van der Waals surface area contributed by atoms with E-state index < -0.39 is 0 Å². The van der Waals surface area contributed by atoms with Gasteiger partial charge in [0.05, 0.1) is 11.6 Å². The third-order valence-electron chi connectivity index (χ3n) is 4.99. The molecule has 1 amide bonds. The van der Waals surface area contributed by atoms with E-state index in [9.17, 15) is 4.79 Å². The molecule has 6 heteroatoms. The number of nitrogens with zero attached hydrogens (tertiary/aromatic N) is 3. The second-order valence-corrected chi connectivity index (χ2v) is 6.32. The molecule has 0 spiro atoms. The summed E-state index contributed by atoms with van der Waals surface area (Å²) in [6.45, 7) is 4.79. The summed E-state index contributed by atoms with van der Waals surface area (Å²) in [5.41, 5.74) is 0.894. The summed E-state index contributed by atoms with van der Waals surface area (Å²) in [6, 6.07) is 4.42. The third kappa shape index (κ3) is 2.91. The second kappa shape index (κ2) is 6.20. The molecule has 0 bridgehead atoms. The van der Waals surface area contributed by atoms with E-state index in [1.54, 1.807) is 6.26 Å². The Labute approximate surface area is 135 Å². The largest absolute Gasteiger partial charge is 0.464 e. The number of carbonyl (C=O) groups is 1. The molecule has 4 heterocycles. The second-order valence-electron chi connectivity index (χ2n) is 6.32. The summed E-state index contributed by atoms with van der Waals surface area (Å²) in [6.07, 6.45) is 6.22. The van der Waals surface area contributed by atoms with Crippen LogP contribution < -0.4 is 10.2 Å². The van der Waals surface area contributed by atoms with Gasteiger partial charge in [0.2, 0.25) is 5.91 Å². The molecule has 2 saturated heterocycles. The fraction of sp³-hybridized carbons (Fsp3) is 0.529. The Morgan fingerprint density at radius 2 is 2.04 bits per heavy atom. The number of anilines is 1. The summed E-state index contributed by atoms with van der Waals surface area (Å²) in [5, 5.41) is 4.06. The van der Waals surface area contributed by atoms with Crippen LogP contribution >= 0.6 is 0 Å². The van der Waals surface area contributed by atoms with Gasteiger partial charge < -0.3 is 14.6 Å². The van der Waals surface area contributed by atoms with Crippen molar-refractivity contribution in [3.8, 4) is 0 Å². The molecule has 0 saturated carbocycles. The number of hydrogen-bond acceptors (Lipinski definition) is 5. The van der Waals surface area contributed by atoms with Gasteiger partial charge in [-0.1, -0.05) is 0 Å². The van der Waals surface area contributed by atoms with E-state index in [2.05, 4.69) is 20.1 Å². The topological polar surface area (TPSA) is 61.6 Å². The zero-order valence-electron chi connectivity index (χ0n) is 13.2. The first-order valence-electron chi connectivity index (χ1n) is 8.39. The van der Waals surface area contributed by atoms with Crippen molar-refractivity contribution >= 4 is 22.7 Å². The van der Waals surface area contributed by atoms with Crippen LogP contribution in [0.25, 0.3) is 11.0 Å². The van der Waals surface area contributed by atoms with Crippen LogP contribution in [0.5, 0.6) is 0 Å². The predicted octanol–water partition coefficient (Wildman–Crippen LogP) is 1.62. The van der Waals surface area contributed by atoms with Crippen molar-refractivity contribution in [2.24, 2.45) is 0 Å². The van der Waals surface area contributed by atoms with Gasteiger partial charge in [0.15, 0.2) is 0 Å². The first kappa shape index (κ1) is 14.5. The molecule has 1 unspecified atom stereocenters. The van der Waals surface area contributed by atoms with Crippen molar-refractivity contribution in [2.45, 2.75) is 25.3 Å². The third-order valence-corrected chi connectivity index (χ3v) is 4.99. The van der Waals surface area contributed by atoms with Gasteiger partial charge in [-0.05, 0) is 25.0 Å². The summed E-state index contributed by atoms with van der Waals surface area (Å²) >= 11 is 0. The Hall–Kier alpha value is -2.08. The fourth-order valence-electron chi connectivity index (χ4n) is 3.70. The van der Waals surface area contributed by atoms with Crippen molar-refractivity contribution in [1.29, 1.82) is 0 Å². The number of pyridine rings is 1. The van der Waals surface area contributed by atoms with Crippen LogP contribution in [-0.4, -0.2) is 54.6 Å². The highest BCUT2D eigenvalue weighted by Crippen LogP contribution is 2.26. The number of fused-ring (bicyclic) bond motifs is 1. The Kier molecular flexibility index (Phi) is 3.91. The lowest BCUT2D eigenvalue weighted by Crippen LogP contribution is -2.50. The van der Waals surface area contributed by atoms with Gasteiger partial charge in [0, 0.05) is 51.4 Å². The minimum atomic E-state index is 0.196. The summed E-state index contributed by atoms with van der Waals surface area (Å²) < 4.78 is 5.47. The zero-order valence-corrected chi connectivity index (χ0v) is 13.2. The summed E-state index contributed by atoms with van der Waals surface area (Å²) in [7, 11) is 0. The maximum Gasteiger partial charge on any atom is 0.220 e. The average molecular weight is 314 g/mol. The molecule has 1 N–H and O–H groups in total. The molecule has 6 nitrogen and oxygen atoms in total. The van der Waals surface area contributed by atoms with E-state index in [1.807, 2.05) is 18.3 Å². The molecule has 0 aliphatic carbocycles. The van der Waals surface area contributed by atoms with Crippen LogP contribution in [0.2, 0.25) is 0 Å². The van der Waals surface area contributed by atoms with E-state index >= 15 is 0 Å². The highest BCUT2D eigenvalue weighted by molar-refractivity contribution is 5.88. The SMILES string of the molecule is O=C1CCC(N2CCN(c3nccc4occc34)CC2)CCN1. The first-order valence-corrected chi connectivity index (χ1v) is 8.39. The predicted molar refractivity (Wildman–Crippen MR) is 88.4 cm³/mol. The van der Waals surface area contributed by atoms with Crippen LogP contribution in [0.4, 0.5) is 5.82 Å². The summed E-state index contributed by atoms with van der Waals surface area (Å²) in [5.74, 6) is 1.22. The molecule has 2 fully saturated rings. The van der Waals surface area contributed by atoms with Gasteiger partial charge >= 0.3 is 0 Å². The van der Waals surface area contributed by atoms with E-state index in [0.29, 0.717) is 12.5 Å². The van der Waals surface area contributed by atoms with Gasteiger partial charge in [-0.25, -0.2) is 4.98 Å². The van der Waals surface area contributed by atoms with Gasteiger partial charge in [0.1, 0.15) is 11.4 Å². The molecular weight excluding hydrogens is 292 g/mol. The van der Waals surface area contributed by atoms with Crippen molar-refractivity contribution in [3.05, 3.63) is 24.6 Å². The highest BCUT2D eigenvalue weighted by Gasteiger charge is 2.27. The lowest BCUT2D eigenvalue weighted by atomic mass is 10.1. The van der Waals surface area contributed by atoms with E-state index in [0.717, 1.165) is 62.4 Å². The van der Waals surface area contributed by atoms with Gasteiger partial charge in [0.25, 0.3) is 0 Å². The number of piperazine rings is 1. The smallest absolute Gasteiger partial charge is 0.220 e. The number of carbonyl (C=O) groups excluding carboxylic acids is 1. The Morgan fingerprint density at radius 3 is 2.91 bits per heavy atom. The maximum absolute atomic E-state index is 11.5. The molecular formula is C17H22N4O2. The number of aromatic nitrogens is 1. The average Bonchev–Trinajstić information content (AvgIpc) is 2.97. The Morgan fingerprint density at radius 1 is 1.17 bits per heavy atom. The number of nitrogens with one attached hydrogen (secondary N) is 1. The monoisotopic (exact) mass is 314 g/mol. The van der Waals surface area contributed by atoms with Crippen LogP contribution in [0.3, 0.4) is 0 Å². The van der Waals surface area contributed by atoms with Crippen LogP contribution in [-0.2, 0) is 4.79 Å². The van der Waals surface area contributed by atoms with Crippen LogP contribution in [0.1, 0.15) is 19.3 Å². The van der Waals surface area contributed by atoms with Crippen molar-refractivity contribution in [2.75, 3.05) is 37.6 Å². The van der Waals surface area contributed by atoms with E-state index in [1.165, 1.54) is 0 Å². The quantitative estimate of drug-likeness (QED) is 0.913. The minimum Gasteiger partial charge on any atom is -0.464 e. The van der Waals surface area contributed by atoms with E-state index in [-0.39, 0.29) is 5.91 Å². The summed E-state index contributed by atoms with van der Waals surface area (Å²) in [4.78, 5) is 20.9. The Bertz CT molecular complexity index is 691. The fourth-order valence-corrected chi connectivity index (χ4v) is 3.70. The zero-order chi connectivity index (χ0) is 15.6. The lowest BCUT2D eigenvalue weighted by Gasteiger charge is -2.39. The molecule has 2 aromatic rings. The normalized spacial score (nSPS) is 23.7. The molecule has 1 atom stereocenters. The van der Waals surface area contributed by atoms with Crippen molar-refractivity contribution in [3.63, 3.8) is 0 Å². The maximum atomic E-state index is 11.5. The van der Waals surface area contributed by atoms with Crippen molar-refractivity contribution in [1.82, 2.24) is 15.2 Å². The number of rotatable bonds is 2. The minimum absolute atomic E-state index is 0.196. The van der Waals surface area contributed by atoms with Crippen molar-refractivity contribution < 1.29 is 9.21 Å². The first-order chi connectivity index (χ1) is 11.3. The number of hydrogen-bond donors (Lipinski definition) is 1. The molecule has 2 aliphatic heterocycles. The van der Waals surface area contributed by atoms with Crippen LogP contribution in [0, 0.1) is 0 Å². The molecule has 0 radical (unpaired) electrons. The molecule has 0 aromatic carbocycles. The highest BCUT2D eigenvalue weighted by atomic mass is 16.3.